The minimum Gasteiger partial charge on any atom is -0.444 e. The number of halogens is 1. The van der Waals surface area contributed by atoms with Gasteiger partial charge in [-0.05, 0) is 26.0 Å². The van der Waals surface area contributed by atoms with E-state index in [4.69, 9.17) is 4.42 Å². The van der Waals surface area contributed by atoms with E-state index in [2.05, 4.69) is 25.7 Å². The second kappa shape index (κ2) is 10.4. The highest BCUT2D eigenvalue weighted by Crippen LogP contribution is 2.19. The molecule has 0 spiro atoms. The van der Waals surface area contributed by atoms with Crippen LogP contribution in [0, 0.1) is 0 Å². The average Bonchev–Trinajstić information content (AvgIpc) is 3.34. The summed E-state index contributed by atoms with van der Waals surface area (Å²) in [5.74, 6) is 1.17. The molecule has 3 rings (SSSR count). The van der Waals surface area contributed by atoms with Gasteiger partial charge in [0.05, 0.1) is 19.3 Å². The number of aliphatic imine (C=N–C) groups is 1. The molecule has 0 amide bonds. The smallest absolute Gasteiger partial charge is 0.226 e. The molecule has 2 heterocycles. The van der Waals surface area contributed by atoms with Crippen molar-refractivity contribution < 1.29 is 9.52 Å². The van der Waals surface area contributed by atoms with Gasteiger partial charge >= 0.3 is 0 Å². The lowest BCUT2D eigenvalue weighted by molar-refractivity contribution is 0.0616. The van der Waals surface area contributed by atoms with Crippen LogP contribution in [-0.2, 0) is 19.2 Å². The predicted octanol–water partition coefficient (Wildman–Crippen LogP) is 2.66. The van der Waals surface area contributed by atoms with Crippen molar-refractivity contribution in [3.05, 3.63) is 60.2 Å². The third kappa shape index (κ3) is 6.29. The number of oxazole rings is 1. The van der Waals surface area contributed by atoms with E-state index in [1.54, 1.807) is 30.3 Å². The maximum Gasteiger partial charge on any atom is 0.226 e. The van der Waals surface area contributed by atoms with E-state index < -0.39 is 5.60 Å². The summed E-state index contributed by atoms with van der Waals surface area (Å²) >= 11 is 0. The zero-order valence-corrected chi connectivity index (χ0v) is 19.1. The maximum absolute atomic E-state index is 10.7. The van der Waals surface area contributed by atoms with Crippen molar-refractivity contribution in [2.75, 3.05) is 13.1 Å². The van der Waals surface area contributed by atoms with E-state index in [9.17, 15) is 5.11 Å². The summed E-state index contributed by atoms with van der Waals surface area (Å²) in [6, 6.07) is 9.74. The van der Waals surface area contributed by atoms with Gasteiger partial charge < -0.3 is 20.2 Å². The number of aryl methyl sites for hydroxylation is 1. The Bertz CT molecular complexity index is 920. The first-order valence-electron chi connectivity index (χ1n) is 9.21. The Hall–Kier alpha value is -2.40. The van der Waals surface area contributed by atoms with Crippen LogP contribution >= 0.6 is 24.0 Å². The monoisotopic (exact) mass is 510 g/mol. The molecule has 3 N–H and O–H groups in total. The molecule has 0 aliphatic rings. The van der Waals surface area contributed by atoms with Crippen molar-refractivity contribution in [2.24, 2.45) is 12.0 Å². The molecule has 0 aliphatic heterocycles. The highest BCUT2D eigenvalue weighted by atomic mass is 127. The molecule has 156 valence electrons. The van der Waals surface area contributed by atoms with Gasteiger partial charge in [-0.15, -0.1) is 24.0 Å². The Labute approximate surface area is 187 Å². The third-order valence-electron chi connectivity index (χ3n) is 4.24. The van der Waals surface area contributed by atoms with Crippen LogP contribution in [0.5, 0.6) is 0 Å². The minimum absolute atomic E-state index is 0. The quantitative estimate of drug-likeness (QED) is 0.257. The minimum atomic E-state index is -1.07. The number of guanidine groups is 1. The first kappa shape index (κ1) is 22.9. The molecule has 1 unspecified atom stereocenters. The fourth-order valence-electron chi connectivity index (χ4n) is 2.65. The number of benzene rings is 1. The Kier molecular flexibility index (Phi) is 8.21. The summed E-state index contributed by atoms with van der Waals surface area (Å²) in [5, 5.41) is 21.2. The molecular formula is C20H27IN6O2. The first-order chi connectivity index (χ1) is 13.5. The van der Waals surface area contributed by atoms with E-state index in [1.165, 1.54) is 0 Å². The van der Waals surface area contributed by atoms with Gasteiger partial charge in [0, 0.05) is 30.9 Å². The van der Waals surface area contributed by atoms with Crippen LogP contribution in [-0.4, -0.2) is 38.9 Å². The van der Waals surface area contributed by atoms with Crippen LogP contribution in [0.25, 0.3) is 11.5 Å². The summed E-state index contributed by atoms with van der Waals surface area (Å²) in [6.07, 6.45) is 5.07. The topological polar surface area (TPSA) is 100 Å². The molecule has 9 heteroatoms. The molecule has 3 aromatic rings. The number of hydrogen-bond acceptors (Lipinski definition) is 5. The highest BCUT2D eigenvalue weighted by Gasteiger charge is 2.25. The van der Waals surface area contributed by atoms with Gasteiger partial charge in [0.2, 0.25) is 5.89 Å². The molecule has 1 atom stereocenters. The average molecular weight is 510 g/mol. The lowest BCUT2D eigenvalue weighted by Gasteiger charge is -2.23. The molecule has 0 fully saturated rings. The number of nitrogens with zero attached hydrogens (tertiary/aromatic N) is 4. The fourth-order valence-corrected chi connectivity index (χ4v) is 2.65. The largest absolute Gasteiger partial charge is 0.444 e. The maximum atomic E-state index is 10.7. The zero-order valence-electron chi connectivity index (χ0n) is 16.8. The lowest BCUT2D eigenvalue weighted by atomic mass is 10.00. The number of aromatic nitrogens is 3. The van der Waals surface area contributed by atoms with Crippen LogP contribution in [0.1, 0.15) is 25.1 Å². The van der Waals surface area contributed by atoms with E-state index in [0.29, 0.717) is 31.5 Å². The molecule has 2 aromatic heterocycles. The van der Waals surface area contributed by atoms with Crippen LogP contribution < -0.4 is 10.6 Å². The molecule has 29 heavy (non-hydrogen) atoms. The molecule has 0 radical (unpaired) electrons. The Balaban J connectivity index is 0.00000300. The van der Waals surface area contributed by atoms with Gasteiger partial charge in [-0.25, -0.2) is 9.98 Å². The number of aliphatic hydroxyl groups is 1. The van der Waals surface area contributed by atoms with Crippen LogP contribution in [0.4, 0.5) is 0 Å². The van der Waals surface area contributed by atoms with Gasteiger partial charge in [0.1, 0.15) is 17.6 Å². The normalized spacial score (nSPS) is 13.4. The van der Waals surface area contributed by atoms with Gasteiger partial charge in [-0.3, -0.25) is 4.68 Å². The molecule has 0 bridgehead atoms. The first-order valence-corrected chi connectivity index (χ1v) is 9.21. The predicted molar refractivity (Wildman–Crippen MR) is 123 cm³/mol. The molecule has 0 saturated heterocycles. The van der Waals surface area contributed by atoms with Gasteiger partial charge in [-0.1, -0.05) is 18.2 Å². The van der Waals surface area contributed by atoms with Crippen molar-refractivity contribution >= 4 is 29.9 Å². The van der Waals surface area contributed by atoms with Gasteiger partial charge in [0.25, 0.3) is 0 Å². The van der Waals surface area contributed by atoms with Crippen molar-refractivity contribution in [3.63, 3.8) is 0 Å². The van der Waals surface area contributed by atoms with E-state index in [1.807, 2.05) is 44.3 Å². The lowest BCUT2D eigenvalue weighted by Crippen LogP contribution is -2.44. The summed E-state index contributed by atoms with van der Waals surface area (Å²) in [6.45, 7) is 5.08. The fraction of sp³-hybridized carbons (Fsp3) is 0.350. The summed E-state index contributed by atoms with van der Waals surface area (Å²) < 4.78 is 7.21. The second-order valence-corrected chi connectivity index (χ2v) is 6.74. The molecular weight excluding hydrogens is 483 g/mol. The van der Waals surface area contributed by atoms with E-state index in [-0.39, 0.29) is 24.0 Å². The molecule has 0 aliphatic carbocycles. The van der Waals surface area contributed by atoms with Crippen LogP contribution in [0.15, 0.2) is 58.4 Å². The number of hydrogen-bond donors (Lipinski definition) is 3. The Morgan fingerprint density at radius 2 is 2.03 bits per heavy atom. The molecule has 0 saturated carbocycles. The molecule has 1 aromatic carbocycles. The van der Waals surface area contributed by atoms with Crippen LogP contribution in [0.3, 0.4) is 0 Å². The summed E-state index contributed by atoms with van der Waals surface area (Å²) in [5.41, 5.74) is 1.33. The van der Waals surface area contributed by atoms with Gasteiger partial charge in [-0.2, -0.15) is 5.10 Å². The Morgan fingerprint density at radius 3 is 2.69 bits per heavy atom. The second-order valence-electron chi connectivity index (χ2n) is 6.74. The van der Waals surface area contributed by atoms with Crippen molar-refractivity contribution in [2.45, 2.75) is 26.0 Å². The van der Waals surface area contributed by atoms with E-state index in [0.717, 1.165) is 16.8 Å². The summed E-state index contributed by atoms with van der Waals surface area (Å²) in [4.78, 5) is 9.01. The number of rotatable bonds is 7. The Morgan fingerprint density at radius 1 is 1.28 bits per heavy atom. The van der Waals surface area contributed by atoms with Crippen molar-refractivity contribution in [1.29, 1.82) is 0 Å². The number of nitrogens with one attached hydrogen (secondary N) is 2. The van der Waals surface area contributed by atoms with Crippen LogP contribution in [0.2, 0.25) is 0 Å². The zero-order chi connectivity index (χ0) is 20.0. The highest BCUT2D eigenvalue weighted by molar-refractivity contribution is 14.0. The third-order valence-corrected chi connectivity index (χ3v) is 4.24. The van der Waals surface area contributed by atoms with Crippen molar-refractivity contribution in [3.8, 4) is 11.5 Å². The SMILES string of the molecule is CCNC(=NCc1coc(-c2ccccc2)n1)NCC(C)(O)c1cnn(C)c1.I. The van der Waals surface area contributed by atoms with Gasteiger partial charge in [0.15, 0.2) is 5.96 Å². The van der Waals surface area contributed by atoms with E-state index >= 15 is 0 Å². The standard InChI is InChI=1S/C20H26N6O2.HI/c1-4-21-19(23-14-20(2,27)16-10-24-26(3)12-16)22-11-17-13-28-18(25-17)15-8-6-5-7-9-15;/h5-10,12-13,27H,4,11,14H2,1-3H3,(H2,21,22,23);1H. The molecule has 8 nitrogen and oxygen atoms in total. The van der Waals surface area contributed by atoms with Crippen molar-refractivity contribution in [1.82, 2.24) is 25.4 Å². The summed E-state index contributed by atoms with van der Waals surface area (Å²) in [7, 11) is 1.82.